The van der Waals surface area contributed by atoms with Crippen molar-refractivity contribution in [3.63, 3.8) is 0 Å². The van der Waals surface area contributed by atoms with Gasteiger partial charge in [0.1, 0.15) is 4.75 Å². The molecule has 0 aromatic carbocycles. The van der Waals surface area contributed by atoms with Gasteiger partial charge in [-0.25, -0.2) is 13.9 Å². The highest BCUT2D eigenvalue weighted by atomic mass is 32.2. The summed E-state index contributed by atoms with van der Waals surface area (Å²) in [5.74, 6) is 4.71. The van der Waals surface area contributed by atoms with Crippen molar-refractivity contribution < 1.29 is 22.9 Å². The molecule has 110 valence electrons. The average Bonchev–Trinajstić information content (AvgIpc) is 2.81. The van der Waals surface area contributed by atoms with Gasteiger partial charge in [0, 0.05) is 12.3 Å². The highest BCUT2D eigenvalue weighted by molar-refractivity contribution is 7.92. The quantitative estimate of drug-likeness (QED) is 0.459. The molecule has 0 saturated carbocycles. The van der Waals surface area contributed by atoms with Gasteiger partial charge in [0.15, 0.2) is 9.84 Å². The molecule has 0 unspecified atom stereocenters. The van der Waals surface area contributed by atoms with Crippen LogP contribution < -0.4 is 5.48 Å². The lowest BCUT2D eigenvalue weighted by Crippen LogP contribution is -2.49. The summed E-state index contributed by atoms with van der Waals surface area (Å²) in [5.41, 5.74) is 1.88. The van der Waals surface area contributed by atoms with E-state index in [2.05, 4.69) is 17.0 Å². The van der Waals surface area contributed by atoms with Gasteiger partial charge >= 0.3 is 0 Å². The number of amides is 1. The summed E-state index contributed by atoms with van der Waals surface area (Å²) in [4.78, 5) is 11.6. The minimum Gasteiger partial charge on any atom is -0.347 e. The van der Waals surface area contributed by atoms with Crippen molar-refractivity contribution >= 4 is 15.7 Å². The Bertz CT molecular complexity index is 653. The van der Waals surface area contributed by atoms with Crippen molar-refractivity contribution in [3.8, 4) is 11.8 Å². The first kappa shape index (κ1) is 16.2. The minimum absolute atomic E-state index is 0.0379. The molecule has 1 aromatic rings. The molecule has 0 aliphatic heterocycles. The third kappa shape index (κ3) is 3.37. The zero-order chi connectivity index (χ0) is 15.4. The molecule has 1 aromatic heterocycles. The standard InChI is InChI=1S/C12H16N2O5S/c1-4-5-10-8-9(14-19-10)6-7-12(2,11(15)13-16)20(3,17)18/h8,16H,6-7H2,1-3H3,(H,13,15)/t12-/m1/s1. The van der Waals surface area contributed by atoms with Gasteiger partial charge in [-0.05, 0) is 32.6 Å². The number of sulfone groups is 1. The molecular formula is C12H16N2O5S. The number of aromatic nitrogens is 1. The van der Waals surface area contributed by atoms with Gasteiger partial charge in [-0.3, -0.25) is 10.0 Å². The molecule has 20 heavy (non-hydrogen) atoms. The molecule has 0 saturated heterocycles. The van der Waals surface area contributed by atoms with Crippen LogP contribution in [-0.2, 0) is 21.1 Å². The zero-order valence-electron chi connectivity index (χ0n) is 11.4. The number of rotatable bonds is 5. The van der Waals surface area contributed by atoms with E-state index in [0.717, 1.165) is 6.26 Å². The molecule has 7 nitrogen and oxygen atoms in total. The van der Waals surface area contributed by atoms with E-state index >= 15 is 0 Å². The zero-order valence-corrected chi connectivity index (χ0v) is 12.2. The van der Waals surface area contributed by atoms with Crippen molar-refractivity contribution in [2.24, 2.45) is 0 Å². The van der Waals surface area contributed by atoms with Crippen LogP contribution in [0.25, 0.3) is 0 Å². The maximum absolute atomic E-state index is 11.7. The Morgan fingerprint density at radius 3 is 2.75 bits per heavy atom. The Kier molecular flexibility index (Phi) is 4.92. The Labute approximate surface area is 117 Å². The lowest BCUT2D eigenvalue weighted by molar-refractivity contribution is -0.131. The molecule has 0 bridgehead atoms. The molecule has 1 heterocycles. The van der Waals surface area contributed by atoms with Gasteiger partial charge in [-0.15, -0.1) is 0 Å². The summed E-state index contributed by atoms with van der Waals surface area (Å²) in [7, 11) is -3.71. The smallest absolute Gasteiger partial charge is 0.264 e. The van der Waals surface area contributed by atoms with E-state index in [-0.39, 0.29) is 12.8 Å². The van der Waals surface area contributed by atoms with Gasteiger partial charge < -0.3 is 4.52 Å². The Morgan fingerprint density at radius 2 is 2.25 bits per heavy atom. The molecule has 0 spiro atoms. The van der Waals surface area contributed by atoms with Crippen LogP contribution in [0, 0.1) is 11.8 Å². The van der Waals surface area contributed by atoms with Crippen LogP contribution in [0.15, 0.2) is 10.6 Å². The summed E-state index contributed by atoms with van der Waals surface area (Å²) in [6.07, 6.45) is 1.11. The van der Waals surface area contributed by atoms with Crippen LogP contribution in [0.2, 0.25) is 0 Å². The number of carbonyl (C=O) groups is 1. The molecule has 1 rings (SSSR count). The van der Waals surface area contributed by atoms with Gasteiger partial charge in [0.05, 0.1) is 5.69 Å². The summed E-state index contributed by atoms with van der Waals surface area (Å²) >= 11 is 0. The molecule has 8 heteroatoms. The van der Waals surface area contributed by atoms with E-state index in [1.807, 2.05) is 0 Å². The molecule has 0 fully saturated rings. The molecule has 0 aliphatic rings. The van der Waals surface area contributed by atoms with Crippen molar-refractivity contribution in [1.29, 1.82) is 0 Å². The molecule has 0 aliphatic carbocycles. The van der Waals surface area contributed by atoms with Crippen LogP contribution in [0.4, 0.5) is 0 Å². The number of hydrogen-bond acceptors (Lipinski definition) is 6. The molecule has 0 radical (unpaired) electrons. The fourth-order valence-electron chi connectivity index (χ4n) is 1.56. The second kappa shape index (κ2) is 6.07. The van der Waals surface area contributed by atoms with Gasteiger partial charge in [-0.1, -0.05) is 11.1 Å². The summed E-state index contributed by atoms with van der Waals surface area (Å²) in [5, 5.41) is 12.4. The number of nitrogens with one attached hydrogen (secondary N) is 1. The van der Waals surface area contributed by atoms with Crippen LogP contribution in [-0.4, -0.2) is 35.7 Å². The lowest BCUT2D eigenvalue weighted by atomic mass is 10.0. The predicted molar refractivity (Wildman–Crippen MR) is 70.6 cm³/mol. The van der Waals surface area contributed by atoms with E-state index in [9.17, 15) is 13.2 Å². The van der Waals surface area contributed by atoms with Crippen molar-refractivity contribution in [1.82, 2.24) is 10.6 Å². The highest BCUT2D eigenvalue weighted by Crippen LogP contribution is 2.23. The van der Waals surface area contributed by atoms with Crippen LogP contribution in [0.5, 0.6) is 0 Å². The maximum atomic E-state index is 11.7. The van der Waals surface area contributed by atoms with Crippen molar-refractivity contribution in [3.05, 3.63) is 17.5 Å². The second-order valence-corrected chi connectivity index (χ2v) is 6.95. The van der Waals surface area contributed by atoms with E-state index < -0.39 is 20.5 Å². The van der Waals surface area contributed by atoms with Crippen LogP contribution >= 0.6 is 0 Å². The minimum atomic E-state index is -3.71. The SMILES string of the molecule is CC#Cc1cc(CC[C@](C)(C(=O)NO)S(C)(=O)=O)no1. The van der Waals surface area contributed by atoms with Crippen LogP contribution in [0.3, 0.4) is 0 Å². The van der Waals surface area contributed by atoms with Crippen molar-refractivity contribution in [2.45, 2.75) is 31.4 Å². The van der Waals surface area contributed by atoms with E-state index in [0.29, 0.717) is 11.5 Å². The van der Waals surface area contributed by atoms with Gasteiger partial charge in [0.25, 0.3) is 5.91 Å². The predicted octanol–water partition coefficient (Wildman–Crippen LogP) is 0.287. The number of aryl methyl sites for hydroxylation is 1. The average molecular weight is 300 g/mol. The Morgan fingerprint density at radius 1 is 1.60 bits per heavy atom. The number of hydrogen-bond donors (Lipinski definition) is 2. The summed E-state index contributed by atoms with van der Waals surface area (Å²) < 4.78 is 26.7. The highest BCUT2D eigenvalue weighted by Gasteiger charge is 2.43. The lowest BCUT2D eigenvalue weighted by Gasteiger charge is -2.24. The van der Waals surface area contributed by atoms with E-state index in [1.54, 1.807) is 13.0 Å². The fourth-order valence-corrected chi connectivity index (χ4v) is 2.42. The molecule has 1 amide bonds. The Hall–Kier alpha value is -1.85. The third-order valence-electron chi connectivity index (χ3n) is 3.07. The van der Waals surface area contributed by atoms with Crippen LogP contribution in [0.1, 0.15) is 31.7 Å². The molecule has 1 atom stereocenters. The van der Waals surface area contributed by atoms with Gasteiger partial charge in [-0.2, -0.15) is 0 Å². The first-order valence-electron chi connectivity index (χ1n) is 5.77. The largest absolute Gasteiger partial charge is 0.347 e. The van der Waals surface area contributed by atoms with E-state index in [4.69, 9.17) is 9.73 Å². The molecule has 2 N–H and O–H groups in total. The Balaban J connectivity index is 2.91. The fraction of sp³-hybridized carbons (Fsp3) is 0.500. The summed E-state index contributed by atoms with van der Waals surface area (Å²) in [6.45, 7) is 2.90. The number of hydroxylamine groups is 1. The third-order valence-corrected chi connectivity index (χ3v) is 5.09. The topological polar surface area (TPSA) is 110 Å². The normalized spacial score (nSPS) is 14.0. The first-order valence-corrected chi connectivity index (χ1v) is 7.66. The first-order chi connectivity index (χ1) is 9.24. The number of carbonyl (C=O) groups excluding carboxylic acids is 1. The molecular weight excluding hydrogens is 284 g/mol. The monoisotopic (exact) mass is 300 g/mol. The second-order valence-electron chi connectivity index (χ2n) is 4.50. The van der Waals surface area contributed by atoms with Crippen molar-refractivity contribution in [2.75, 3.05) is 6.26 Å². The van der Waals surface area contributed by atoms with E-state index in [1.165, 1.54) is 12.4 Å². The maximum Gasteiger partial charge on any atom is 0.264 e. The summed E-state index contributed by atoms with van der Waals surface area (Å²) in [6, 6.07) is 1.58. The number of nitrogens with zero attached hydrogens (tertiary/aromatic N) is 1. The van der Waals surface area contributed by atoms with Gasteiger partial charge in [0.2, 0.25) is 5.76 Å².